The molecule has 1 aromatic heterocycles. The highest BCUT2D eigenvalue weighted by atomic mass is 15.1. The molecule has 1 aromatic carbocycles. The fourth-order valence-electron chi connectivity index (χ4n) is 2.28. The summed E-state index contributed by atoms with van der Waals surface area (Å²) in [4.78, 5) is 6.40. The van der Waals surface area contributed by atoms with Crippen molar-refractivity contribution in [2.45, 2.75) is 26.3 Å². The van der Waals surface area contributed by atoms with Gasteiger partial charge in [0.25, 0.3) is 0 Å². The van der Waals surface area contributed by atoms with E-state index in [1.165, 1.54) is 0 Å². The van der Waals surface area contributed by atoms with E-state index in [4.69, 9.17) is 11.0 Å². The summed E-state index contributed by atoms with van der Waals surface area (Å²) < 4.78 is 0. The van der Waals surface area contributed by atoms with Crippen molar-refractivity contribution in [1.29, 1.82) is 5.26 Å². The van der Waals surface area contributed by atoms with Gasteiger partial charge in [0, 0.05) is 47.1 Å². The largest absolute Gasteiger partial charge is 0.398 e. The molecule has 19 heavy (non-hydrogen) atoms. The monoisotopic (exact) mass is 254 g/mol. The number of nitrogens with zero attached hydrogens (tertiary/aromatic N) is 3. The maximum absolute atomic E-state index is 8.79. The zero-order valence-electron chi connectivity index (χ0n) is 11.3. The first-order chi connectivity index (χ1) is 9.15. The molecule has 0 unspecified atom stereocenters. The molecular formula is C15H18N4. The third-order valence-electron chi connectivity index (χ3n) is 3.23. The Balaban J connectivity index is 2.54. The van der Waals surface area contributed by atoms with E-state index in [1.807, 2.05) is 24.4 Å². The molecule has 0 atom stereocenters. The first kappa shape index (κ1) is 13.2. The summed E-state index contributed by atoms with van der Waals surface area (Å²) >= 11 is 0. The van der Waals surface area contributed by atoms with Gasteiger partial charge in [-0.25, -0.2) is 0 Å². The number of benzene rings is 1. The van der Waals surface area contributed by atoms with Crippen LogP contribution in [-0.2, 0) is 0 Å². The standard InChI is InChI=1S/C15H18N4/c1-11(2)19(9-3-7-16)15-5-4-14(17)12-6-8-18-10-13(12)15/h4-6,8,10-11H,3,9,17H2,1-2H3. The number of nitriles is 1. The quantitative estimate of drug-likeness (QED) is 0.852. The highest BCUT2D eigenvalue weighted by molar-refractivity contribution is 6.00. The van der Waals surface area contributed by atoms with Crippen molar-refractivity contribution < 1.29 is 0 Å². The van der Waals surface area contributed by atoms with E-state index in [2.05, 4.69) is 29.8 Å². The van der Waals surface area contributed by atoms with Crippen molar-refractivity contribution in [2.75, 3.05) is 17.2 Å². The second-order valence-electron chi connectivity index (χ2n) is 4.79. The van der Waals surface area contributed by atoms with Gasteiger partial charge in [0.1, 0.15) is 0 Å². The Morgan fingerprint density at radius 3 is 2.79 bits per heavy atom. The third kappa shape index (κ3) is 2.60. The molecule has 2 N–H and O–H groups in total. The molecule has 0 saturated heterocycles. The van der Waals surface area contributed by atoms with E-state index in [9.17, 15) is 0 Å². The van der Waals surface area contributed by atoms with Crippen LogP contribution in [0.15, 0.2) is 30.6 Å². The molecular weight excluding hydrogens is 236 g/mol. The Morgan fingerprint density at radius 1 is 1.32 bits per heavy atom. The van der Waals surface area contributed by atoms with Crippen molar-refractivity contribution >= 4 is 22.1 Å². The van der Waals surface area contributed by atoms with Crippen molar-refractivity contribution in [1.82, 2.24) is 4.98 Å². The van der Waals surface area contributed by atoms with E-state index >= 15 is 0 Å². The number of anilines is 2. The van der Waals surface area contributed by atoms with Gasteiger partial charge in [0.05, 0.1) is 12.5 Å². The summed E-state index contributed by atoms with van der Waals surface area (Å²) in [5, 5.41) is 10.8. The van der Waals surface area contributed by atoms with Gasteiger partial charge >= 0.3 is 0 Å². The summed E-state index contributed by atoms with van der Waals surface area (Å²) in [6.07, 6.45) is 4.09. The number of hydrogen-bond acceptors (Lipinski definition) is 4. The second kappa shape index (κ2) is 5.57. The van der Waals surface area contributed by atoms with Gasteiger partial charge in [-0.05, 0) is 32.0 Å². The normalized spacial score (nSPS) is 10.6. The van der Waals surface area contributed by atoms with Gasteiger partial charge in [0.2, 0.25) is 0 Å². The van der Waals surface area contributed by atoms with E-state index in [0.717, 1.165) is 22.1 Å². The van der Waals surface area contributed by atoms with Crippen molar-refractivity contribution in [2.24, 2.45) is 0 Å². The van der Waals surface area contributed by atoms with Gasteiger partial charge < -0.3 is 10.6 Å². The maximum atomic E-state index is 8.79. The van der Waals surface area contributed by atoms with Crippen LogP contribution in [0.2, 0.25) is 0 Å². The molecule has 1 heterocycles. The SMILES string of the molecule is CC(C)N(CCC#N)c1ccc(N)c2ccncc12. The Labute approximate surface area is 113 Å². The predicted molar refractivity (Wildman–Crippen MR) is 78.9 cm³/mol. The van der Waals surface area contributed by atoms with Crippen LogP contribution in [0.5, 0.6) is 0 Å². The Bertz CT molecular complexity index is 613. The molecule has 0 bridgehead atoms. The molecule has 2 rings (SSSR count). The van der Waals surface area contributed by atoms with Crippen LogP contribution in [0.3, 0.4) is 0 Å². The van der Waals surface area contributed by atoms with Crippen molar-refractivity contribution in [3.63, 3.8) is 0 Å². The van der Waals surface area contributed by atoms with Gasteiger partial charge in [-0.3, -0.25) is 4.98 Å². The molecule has 4 heteroatoms. The Morgan fingerprint density at radius 2 is 2.11 bits per heavy atom. The minimum absolute atomic E-state index is 0.320. The highest BCUT2D eigenvalue weighted by Gasteiger charge is 2.14. The first-order valence-corrected chi connectivity index (χ1v) is 6.41. The number of nitrogen functional groups attached to an aromatic ring is 1. The average molecular weight is 254 g/mol. The average Bonchev–Trinajstić information content (AvgIpc) is 2.41. The topological polar surface area (TPSA) is 65.9 Å². The lowest BCUT2D eigenvalue weighted by molar-refractivity contribution is 0.689. The molecule has 0 aliphatic heterocycles. The van der Waals surface area contributed by atoms with Crippen LogP contribution in [0, 0.1) is 11.3 Å². The Hall–Kier alpha value is -2.28. The predicted octanol–water partition coefficient (Wildman–Crippen LogP) is 2.95. The van der Waals surface area contributed by atoms with Crippen LogP contribution in [0.4, 0.5) is 11.4 Å². The van der Waals surface area contributed by atoms with Crippen LogP contribution in [0.1, 0.15) is 20.3 Å². The summed E-state index contributed by atoms with van der Waals surface area (Å²) in [5.74, 6) is 0. The molecule has 0 fully saturated rings. The van der Waals surface area contributed by atoms with E-state index < -0.39 is 0 Å². The fourth-order valence-corrected chi connectivity index (χ4v) is 2.28. The molecule has 2 aromatic rings. The Kier molecular flexibility index (Phi) is 3.86. The number of hydrogen-bond donors (Lipinski definition) is 1. The zero-order chi connectivity index (χ0) is 13.8. The van der Waals surface area contributed by atoms with Gasteiger partial charge in [-0.2, -0.15) is 5.26 Å². The minimum atomic E-state index is 0.320. The fraction of sp³-hybridized carbons (Fsp3) is 0.333. The molecule has 0 aliphatic carbocycles. The number of fused-ring (bicyclic) bond motifs is 1. The smallest absolute Gasteiger partial charge is 0.0640 e. The van der Waals surface area contributed by atoms with E-state index in [1.54, 1.807) is 6.20 Å². The number of pyridine rings is 1. The lowest BCUT2D eigenvalue weighted by Crippen LogP contribution is -2.31. The molecule has 0 aliphatic rings. The van der Waals surface area contributed by atoms with Crippen LogP contribution < -0.4 is 10.6 Å². The minimum Gasteiger partial charge on any atom is -0.398 e. The number of nitrogens with two attached hydrogens (primary N) is 1. The summed E-state index contributed by atoms with van der Waals surface area (Å²) in [5.41, 5.74) is 7.84. The molecule has 4 nitrogen and oxygen atoms in total. The maximum Gasteiger partial charge on any atom is 0.0640 e. The summed E-state index contributed by atoms with van der Waals surface area (Å²) in [6, 6.07) is 8.37. The molecule has 0 amide bonds. The lowest BCUT2D eigenvalue weighted by atomic mass is 10.1. The van der Waals surface area contributed by atoms with Crippen LogP contribution in [-0.4, -0.2) is 17.6 Å². The van der Waals surface area contributed by atoms with Gasteiger partial charge in [-0.15, -0.1) is 0 Å². The third-order valence-corrected chi connectivity index (χ3v) is 3.23. The molecule has 0 spiro atoms. The second-order valence-corrected chi connectivity index (χ2v) is 4.79. The molecule has 0 saturated carbocycles. The first-order valence-electron chi connectivity index (χ1n) is 6.41. The van der Waals surface area contributed by atoms with Crippen LogP contribution >= 0.6 is 0 Å². The highest BCUT2D eigenvalue weighted by Crippen LogP contribution is 2.31. The van der Waals surface area contributed by atoms with Gasteiger partial charge in [0.15, 0.2) is 0 Å². The summed E-state index contributed by atoms with van der Waals surface area (Å²) in [6.45, 7) is 4.95. The lowest BCUT2D eigenvalue weighted by Gasteiger charge is -2.29. The zero-order valence-corrected chi connectivity index (χ0v) is 11.3. The van der Waals surface area contributed by atoms with Crippen LogP contribution in [0.25, 0.3) is 10.8 Å². The van der Waals surface area contributed by atoms with E-state index in [-0.39, 0.29) is 0 Å². The molecule has 98 valence electrons. The van der Waals surface area contributed by atoms with Crippen molar-refractivity contribution in [3.05, 3.63) is 30.6 Å². The summed E-state index contributed by atoms with van der Waals surface area (Å²) in [7, 11) is 0. The molecule has 0 radical (unpaired) electrons. The number of aromatic nitrogens is 1. The number of rotatable bonds is 4. The van der Waals surface area contributed by atoms with Gasteiger partial charge in [-0.1, -0.05) is 0 Å². The van der Waals surface area contributed by atoms with Crippen molar-refractivity contribution in [3.8, 4) is 6.07 Å². The van der Waals surface area contributed by atoms with E-state index in [0.29, 0.717) is 19.0 Å².